The molecular weight excluding hydrogens is 1040 g/mol. The number of phosphoric ester groups is 2. The van der Waals surface area contributed by atoms with Gasteiger partial charge in [0.25, 0.3) is 0 Å². The van der Waals surface area contributed by atoms with E-state index < -0.39 is 97.5 Å². The maximum atomic E-state index is 12.9. The van der Waals surface area contributed by atoms with Crippen molar-refractivity contribution in [2.45, 2.75) is 310 Å². The average molecular weight is 1160 g/mol. The van der Waals surface area contributed by atoms with Crippen LogP contribution in [0.3, 0.4) is 0 Å². The summed E-state index contributed by atoms with van der Waals surface area (Å²) < 4.78 is 67.2. The van der Waals surface area contributed by atoms with Crippen molar-refractivity contribution in [2.75, 3.05) is 39.6 Å². The highest BCUT2D eigenvalue weighted by Gasteiger charge is 2.30. The lowest BCUT2D eigenvalue weighted by Gasteiger charge is -2.21. The molecule has 0 amide bonds. The third kappa shape index (κ3) is 53.4. The molecule has 19 heteroatoms. The van der Waals surface area contributed by atoms with Gasteiger partial charge in [0.1, 0.15) is 19.3 Å². The van der Waals surface area contributed by atoms with Gasteiger partial charge in [-0.3, -0.25) is 37.3 Å². The molecule has 2 unspecified atom stereocenters. The largest absolute Gasteiger partial charge is 0.472 e. The quantitative estimate of drug-likeness (QED) is 0.0222. The first kappa shape index (κ1) is 76.1. The second kappa shape index (κ2) is 53.1. The summed E-state index contributed by atoms with van der Waals surface area (Å²) in [4.78, 5) is 71.3. The number of aliphatic hydroxyl groups is 1. The number of esters is 4. The fourth-order valence-electron chi connectivity index (χ4n) is 8.70. The molecule has 0 aromatic heterocycles. The zero-order valence-corrected chi connectivity index (χ0v) is 51.6. The number of ether oxygens (including phenoxy) is 4. The third-order valence-electron chi connectivity index (χ3n) is 13.5. The maximum Gasteiger partial charge on any atom is 0.472 e. The molecule has 0 aliphatic heterocycles. The average Bonchev–Trinajstić information content (AvgIpc) is 3.40. The van der Waals surface area contributed by atoms with E-state index in [-0.39, 0.29) is 25.7 Å². The molecule has 0 radical (unpaired) electrons. The molecular formula is C59H114O17P2. The molecule has 3 N–H and O–H groups in total. The number of unbranched alkanes of at least 4 members (excludes halogenated alkanes) is 31. The molecule has 78 heavy (non-hydrogen) atoms. The van der Waals surface area contributed by atoms with Gasteiger partial charge in [-0.05, 0) is 31.6 Å². The standard InChI is InChI=1S/C59H114O17P2/c1-6-9-12-15-28-34-38-43-57(62)70-49-55(76-59(64)45-40-35-30-27-25-23-21-19-17-16-18-20-22-24-26-29-33-36-41-52(4)5)51-74-78(67,68)72-47-53(60)46-71-77(65,66)73-50-54(75-58(63)44-39-32-14-11-8-3)48-69-56(61)42-37-31-13-10-7-2/h52-55,60H,6-51H2,1-5H3,(H,65,66)(H,67,68)/t53-,54+,55+/m0/s1. The van der Waals surface area contributed by atoms with Gasteiger partial charge in [-0.2, -0.15) is 0 Å². The Balaban J connectivity index is 4.94. The Bertz CT molecular complexity index is 1530. The molecule has 462 valence electrons. The van der Waals surface area contributed by atoms with Crippen molar-refractivity contribution >= 4 is 39.5 Å². The van der Waals surface area contributed by atoms with Crippen molar-refractivity contribution in [1.82, 2.24) is 0 Å². The second-order valence-electron chi connectivity index (χ2n) is 21.9. The summed E-state index contributed by atoms with van der Waals surface area (Å²) in [5, 5.41) is 10.4. The predicted octanol–water partition coefficient (Wildman–Crippen LogP) is 15.8. The molecule has 0 bridgehead atoms. The number of aliphatic hydroxyl groups excluding tert-OH is 1. The molecule has 0 heterocycles. The summed E-state index contributed by atoms with van der Waals surface area (Å²) in [7, 11) is -9.85. The van der Waals surface area contributed by atoms with Crippen molar-refractivity contribution in [3.63, 3.8) is 0 Å². The summed E-state index contributed by atoms with van der Waals surface area (Å²) in [6, 6.07) is 0. The summed E-state index contributed by atoms with van der Waals surface area (Å²) in [5.74, 6) is -1.35. The Morgan fingerprint density at radius 3 is 0.872 bits per heavy atom. The van der Waals surface area contributed by atoms with E-state index in [1.54, 1.807) is 0 Å². The topological polar surface area (TPSA) is 237 Å². The molecule has 0 aliphatic rings. The number of hydrogen-bond acceptors (Lipinski definition) is 15. The number of carbonyl (C=O) groups is 4. The number of phosphoric acid groups is 2. The van der Waals surface area contributed by atoms with E-state index in [1.165, 1.54) is 96.3 Å². The van der Waals surface area contributed by atoms with Gasteiger partial charge in [-0.1, -0.05) is 240 Å². The highest BCUT2D eigenvalue weighted by atomic mass is 31.2. The molecule has 0 fully saturated rings. The molecule has 17 nitrogen and oxygen atoms in total. The fourth-order valence-corrected chi connectivity index (χ4v) is 10.3. The van der Waals surface area contributed by atoms with Crippen molar-refractivity contribution in [2.24, 2.45) is 5.92 Å². The van der Waals surface area contributed by atoms with Gasteiger partial charge in [0.05, 0.1) is 26.4 Å². The first-order valence-corrected chi connectivity index (χ1v) is 34.1. The van der Waals surface area contributed by atoms with Crippen LogP contribution in [0.1, 0.15) is 291 Å². The minimum Gasteiger partial charge on any atom is -0.462 e. The Hall–Kier alpha value is -1.94. The van der Waals surface area contributed by atoms with Crippen LogP contribution in [0.2, 0.25) is 0 Å². The van der Waals surface area contributed by atoms with Crippen LogP contribution in [0.4, 0.5) is 0 Å². The van der Waals surface area contributed by atoms with E-state index in [2.05, 4.69) is 34.6 Å². The first-order valence-electron chi connectivity index (χ1n) is 31.1. The van der Waals surface area contributed by atoms with Gasteiger partial charge in [0.2, 0.25) is 0 Å². The Kier molecular flexibility index (Phi) is 51.8. The summed E-state index contributed by atoms with van der Waals surface area (Å²) in [6.07, 6.45) is 35.9. The van der Waals surface area contributed by atoms with Crippen molar-refractivity contribution < 1.29 is 80.2 Å². The van der Waals surface area contributed by atoms with E-state index in [0.29, 0.717) is 25.7 Å². The zero-order chi connectivity index (χ0) is 57.8. The van der Waals surface area contributed by atoms with Crippen LogP contribution in [-0.4, -0.2) is 96.7 Å². The summed E-state index contributed by atoms with van der Waals surface area (Å²) in [5.41, 5.74) is 0. The van der Waals surface area contributed by atoms with E-state index in [9.17, 15) is 43.2 Å². The minimum absolute atomic E-state index is 0.0988. The van der Waals surface area contributed by atoms with E-state index >= 15 is 0 Å². The highest BCUT2D eigenvalue weighted by molar-refractivity contribution is 7.47. The first-order chi connectivity index (χ1) is 37.5. The molecule has 0 aliphatic carbocycles. The lowest BCUT2D eigenvalue weighted by atomic mass is 10.0. The third-order valence-corrected chi connectivity index (χ3v) is 15.4. The molecule has 0 rings (SSSR count). The van der Waals surface area contributed by atoms with Crippen LogP contribution in [0.5, 0.6) is 0 Å². The predicted molar refractivity (Wildman–Crippen MR) is 308 cm³/mol. The molecule has 0 aromatic carbocycles. The smallest absolute Gasteiger partial charge is 0.462 e. The molecule has 5 atom stereocenters. The van der Waals surface area contributed by atoms with Gasteiger partial charge in [-0.15, -0.1) is 0 Å². The number of hydrogen-bond donors (Lipinski definition) is 3. The second-order valence-corrected chi connectivity index (χ2v) is 24.8. The molecule has 0 aromatic rings. The Morgan fingerprint density at radius 1 is 0.346 bits per heavy atom. The Labute approximate surface area is 473 Å². The van der Waals surface area contributed by atoms with Gasteiger partial charge in [0, 0.05) is 25.7 Å². The number of carbonyl (C=O) groups excluding carboxylic acids is 4. The highest BCUT2D eigenvalue weighted by Crippen LogP contribution is 2.45. The monoisotopic (exact) mass is 1160 g/mol. The number of rotatable bonds is 59. The van der Waals surface area contributed by atoms with Crippen molar-refractivity contribution in [1.29, 1.82) is 0 Å². The van der Waals surface area contributed by atoms with Crippen molar-refractivity contribution in [3.8, 4) is 0 Å². The summed E-state index contributed by atoms with van der Waals surface area (Å²) in [6.45, 7) is 6.96. The van der Waals surface area contributed by atoms with Crippen LogP contribution < -0.4 is 0 Å². The Morgan fingerprint density at radius 2 is 0.590 bits per heavy atom. The normalized spacial score (nSPS) is 14.4. The molecule has 0 saturated heterocycles. The van der Waals surface area contributed by atoms with Gasteiger partial charge >= 0.3 is 39.5 Å². The fraction of sp³-hybridized carbons (Fsp3) is 0.932. The van der Waals surface area contributed by atoms with Gasteiger partial charge < -0.3 is 33.8 Å². The maximum absolute atomic E-state index is 12.9. The van der Waals surface area contributed by atoms with Gasteiger partial charge in [-0.25, -0.2) is 9.13 Å². The summed E-state index contributed by atoms with van der Waals surface area (Å²) >= 11 is 0. The minimum atomic E-state index is -4.93. The van der Waals surface area contributed by atoms with Crippen LogP contribution in [0.15, 0.2) is 0 Å². The van der Waals surface area contributed by atoms with Crippen LogP contribution in [0.25, 0.3) is 0 Å². The van der Waals surface area contributed by atoms with E-state index in [4.69, 9.17) is 37.0 Å². The lowest BCUT2D eigenvalue weighted by Crippen LogP contribution is -2.30. The van der Waals surface area contributed by atoms with Crippen LogP contribution >= 0.6 is 15.6 Å². The van der Waals surface area contributed by atoms with Crippen molar-refractivity contribution in [3.05, 3.63) is 0 Å². The van der Waals surface area contributed by atoms with Crippen LogP contribution in [-0.2, 0) is 65.4 Å². The zero-order valence-electron chi connectivity index (χ0n) is 49.8. The molecule has 0 spiro atoms. The molecule has 0 saturated carbocycles. The van der Waals surface area contributed by atoms with E-state index in [0.717, 1.165) is 115 Å². The SMILES string of the molecule is CCCCCCCCCC(=O)OC[C@H](COP(=O)(O)OC[C@@H](O)COP(=O)(O)OC[C@@H](COC(=O)CCCCCCC)OC(=O)CCCCCCC)OC(=O)CCCCCCCCCCCCCCCCCCCCC(C)C. The van der Waals surface area contributed by atoms with Gasteiger partial charge in [0.15, 0.2) is 12.2 Å². The van der Waals surface area contributed by atoms with Crippen LogP contribution in [0, 0.1) is 5.92 Å². The lowest BCUT2D eigenvalue weighted by molar-refractivity contribution is -0.161. The van der Waals surface area contributed by atoms with E-state index in [1.807, 2.05) is 0 Å².